The molecule has 0 radical (unpaired) electrons. The minimum Gasteiger partial charge on any atom is -0.497 e. The molecule has 1 heterocycles. The number of nitrogens with one attached hydrogen (secondary N) is 2. The number of carbonyl (C=O) groups excluding carboxylic acids is 1. The summed E-state index contributed by atoms with van der Waals surface area (Å²) in [4.78, 5) is 16.1. The first-order chi connectivity index (χ1) is 13.0. The zero-order valence-electron chi connectivity index (χ0n) is 16.1. The van der Waals surface area contributed by atoms with Crippen LogP contribution in [-0.4, -0.2) is 45.2 Å². The summed E-state index contributed by atoms with van der Waals surface area (Å²) in [7, 11) is 1.66. The lowest BCUT2D eigenvalue weighted by atomic mass is 10.1. The molecule has 2 aromatic rings. The van der Waals surface area contributed by atoms with Crippen molar-refractivity contribution in [1.82, 2.24) is 0 Å². The second-order valence-electron chi connectivity index (χ2n) is 7.02. The van der Waals surface area contributed by atoms with Gasteiger partial charge in [-0.25, -0.2) is 4.39 Å². The number of quaternary nitrogens is 1. The van der Waals surface area contributed by atoms with Crippen molar-refractivity contribution in [2.24, 2.45) is 0 Å². The number of hydrogen-bond donors (Lipinski definition) is 2. The maximum atomic E-state index is 13.7. The summed E-state index contributed by atoms with van der Waals surface area (Å²) in [6, 6.07) is 12.6. The van der Waals surface area contributed by atoms with Crippen LogP contribution in [0.25, 0.3) is 0 Å². The standard InChI is InChI=1S/C21H26FN3O2/c1-15-4-5-17(14-20(15)22)23-21(26)16(2)24-10-12-25(13-11-24)18-6-8-19(27-3)9-7-18/h4-9,14,16H,10-13H2,1-3H3,(H,23,26)/p+1/t16-/m0/s1. The van der Waals surface area contributed by atoms with Crippen LogP contribution in [0.3, 0.4) is 0 Å². The lowest BCUT2D eigenvalue weighted by Gasteiger charge is -2.36. The molecule has 1 aliphatic heterocycles. The number of rotatable bonds is 5. The van der Waals surface area contributed by atoms with Crippen molar-refractivity contribution in [3.63, 3.8) is 0 Å². The van der Waals surface area contributed by atoms with Crippen LogP contribution in [-0.2, 0) is 4.79 Å². The van der Waals surface area contributed by atoms with Crippen molar-refractivity contribution in [2.45, 2.75) is 19.9 Å². The van der Waals surface area contributed by atoms with Crippen LogP contribution in [0.2, 0.25) is 0 Å². The predicted molar refractivity (Wildman–Crippen MR) is 105 cm³/mol. The van der Waals surface area contributed by atoms with Gasteiger partial charge in [0.15, 0.2) is 6.04 Å². The minimum absolute atomic E-state index is 0.0776. The van der Waals surface area contributed by atoms with Crippen LogP contribution >= 0.6 is 0 Å². The van der Waals surface area contributed by atoms with Gasteiger partial charge >= 0.3 is 0 Å². The lowest BCUT2D eigenvalue weighted by molar-refractivity contribution is -0.914. The van der Waals surface area contributed by atoms with Gasteiger partial charge in [-0.2, -0.15) is 0 Å². The predicted octanol–water partition coefficient (Wildman–Crippen LogP) is 1.87. The van der Waals surface area contributed by atoms with Crippen molar-refractivity contribution in [1.29, 1.82) is 0 Å². The molecule has 0 aromatic heterocycles. The number of methoxy groups -OCH3 is 1. The number of aryl methyl sites for hydroxylation is 1. The van der Waals surface area contributed by atoms with Crippen molar-refractivity contribution in [2.75, 3.05) is 43.5 Å². The molecule has 0 saturated carbocycles. The first-order valence-electron chi connectivity index (χ1n) is 9.28. The number of ether oxygens (including phenoxy) is 1. The Labute approximate surface area is 159 Å². The molecule has 0 bridgehead atoms. The molecule has 144 valence electrons. The summed E-state index contributed by atoms with van der Waals surface area (Å²) < 4.78 is 18.9. The van der Waals surface area contributed by atoms with Crippen LogP contribution in [0.1, 0.15) is 12.5 Å². The fourth-order valence-electron chi connectivity index (χ4n) is 3.38. The normalized spacial score (nSPS) is 16.1. The average Bonchev–Trinajstić information content (AvgIpc) is 2.70. The number of piperazine rings is 1. The van der Waals surface area contributed by atoms with Crippen LogP contribution in [0.4, 0.5) is 15.8 Å². The van der Waals surface area contributed by atoms with E-state index < -0.39 is 0 Å². The smallest absolute Gasteiger partial charge is 0.282 e. The average molecular weight is 372 g/mol. The third kappa shape index (κ3) is 4.57. The fourth-order valence-corrected chi connectivity index (χ4v) is 3.38. The molecule has 3 rings (SSSR count). The number of anilines is 2. The third-order valence-electron chi connectivity index (χ3n) is 5.29. The number of hydrogen-bond acceptors (Lipinski definition) is 3. The maximum Gasteiger partial charge on any atom is 0.282 e. The van der Waals surface area contributed by atoms with Gasteiger partial charge in [0.25, 0.3) is 5.91 Å². The van der Waals surface area contributed by atoms with E-state index in [1.165, 1.54) is 16.7 Å². The Morgan fingerprint density at radius 3 is 2.44 bits per heavy atom. The van der Waals surface area contributed by atoms with Crippen LogP contribution < -0.4 is 19.9 Å². The number of carbonyl (C=O) groups is 1. The van der Waals surface area contributed by atoms with E-state index in [0.717, 1.165) is 31.9 Å². The summed E-state index contributed by atoms with van der Waals surface area (Å²) in [5, 5.41) is 2.84. The molecule has 27 heavy (non-hydrogen) atoms. The molecular weight excluding hydrogens is 345 g/mol. The van der Waals surface area contributed by atoms with Crippen LogP contribution in [0, 0.1) is 12.7 Å². The van der Waals surface area contributed by atoms with Crippen molar-refractivity contribution in [3.05, 3.63) is 53.8 Å². The fraction of sp³-hybridized carbons (Fsp3) is 0.381. The molecule has 6 heteroatoms. The van der Waals surface area contributed by atoms with Crippen LogP contribution in [0.5, 0.6) is 5.75 Å². The van der Waals surface area contributed by atoms with Gasteiger partial charge in [-0.15, -0.1) is 0 Å². The molecule has 1 amide bonds. The Balaban J connectivity index is 1.54. The number of benzene rings is 2. The SMILES string of the molecule is COc1ccc(N2CC[NH+]([C@@H](C)C(=O)Nc3ccc(C)c(F)c3)CC2)cc1. The number of nitrogens with zero attached hydrogens (tertiary/aromatic N) is 1. The molecule has 0 spiro atoms. The minimum atomic E-state index is -0.305. The first-order valence-corrected chi connectivity index (χ1v) is 9.28. The highest BCUT2D eigenvalue weighted by Crippen LogP contribution is 2.19. The molecule has 1 saturated heterocycles. The third-order valence-corrected chi connectivity index (χ3v) is 5.29. The molecule has 5 nitrogen and oxygen atoms in total. The summed E-state index contributed by atoms with van der Waals surface area (Å²) in [5.41, 5.74) is 2.25. The van der Waals surface area contributed by atoms with E-state index >= 15 is 0 Å². The van der Waals surface area contributed by atoms with Gasteiger partial charge < -0.3 is 19.9 Å². The summed E-state index contributed by atoms with van der Waals surface area (Å²) >= 11 is 0. The molecule has 0 unspecified atom stereocenters. The van der Waals surface area contributed by atoms with Gasteiger partial charge in [0, 0.05) is 11.4 Å². The summed E-state index contributed by atoms with van der Waals surface area (Å²) in [5.74, 6) is 0.466. The maximum absolute atomic E-state index is 13.7. The second kappa shape index (κ2) is 8.39. The van der Waals surface area contributed by atoms with Gasteiger partial charge in [0.2, 0.25) is 0 Å². The number of halogens is 1. The van der Waals surface area contributed by atoms with Crippen molar-refractivity contribution < 1.29 is 18.8 Å². The molecule has 2 aromatic carbocycles. The highest BCUT2D eigenvalue weighted by Gasteiger charge is 2.29. The molecular formula is C21H27FN3O2+. The zero-order chi connectivity index (χ0) is 19.4. The topological polar surface area (TPSA) is 46.0 Å². The Morgan fingerprint density at radius 2 is 1.85 bits per heavy atom. The molecule has 1 atom stereocenters. The zero-order valence-corrected chi connectivity index (χ0v) is 16.1. The van der Waals surface area contributed by atoms with Gasteiger partial charge in [-0.3, -0.25) is 4.79 Å². The van der Waals surface area contributed by atoms with Gasteiger partial charge in [0.1, 0.15) is 11.6 Å². The Morgan fingerprint density at radius 1 is 1.19 bits per heavy atom. The van der Waals surface area contributed by atoms with Gasteiger partial charge in [-0.1, -0.05) is 6.07 Å². The van der Waals surface area contributed by atoms with Gasteiger partial charge in [0.05, 0.1) is 33.3 Å². The van der Waals surface area contributed by atoms with Crippen molar-refractivity contribution in [3.8, 4) is 5.75 Å². The van der Waals surface area contributed by atoms with E-state index in [0.29, 0.717) is 11.3 Å². The summed E-state index contributed by atoms with van der Waals surface area (Å²) in [6.07, 6.45) is 0. The number of amides is 1. The first kappa shape index (κ1) is 19.2. The van der Waals surface area contributed by atoms with E-state index in [1.54, 1.807) is 26.2 Å². The molecule has 2 N–H and O–H groups in total. The van der Waals surface area contributed by atoms with Gasteiger partial charge in [-0.05, 0) is 55.8 Å². The Hall–Kier alpha value is -2.60. The van der Waals surface area contributed by atoms with Crippen molar-refractivity contribution >= 4 is 17.3 Å². The highest BCUT2D eigenvalue weighted by molar-refractivity contribution is 5.93. The Kier molecular flexibility index (Phi) is 5.96. The van der Waals surface area contributed by atoms with E-state index in [1.807, 2.05) is 19.1 Å². The monoisotopic (exact) mass is 372 g/mol. The van der Waals surface area contributed by atoms with E-state index in [-0.39, 0.29) is 17.8 Å². The molecule has 1 fully saturated rings. The lowest BCUT2D eigenvalue weighted by Crippen LogP contribution is -3.19. The van der Waals surface area contributed by atoms with Crippen LogP contribution in [0.15, 0.2) is 42.5 Å². The summed E-state index contributed by atoms with van der Waals surface area (Å²) in [6.45, 7) is 7.16. The van der Waals surface area contributed by atoms with E-state index in [2.05, 4.69) is 22.3 Å². The Bertz CT molecular complexity index is 787. The highest BCUT2D eigenvalue weighted by atomic mass is 19.1. The molecule has 1 aliphatic rings. The van der Waals surface area contributed by atoms with E-state index in [4.69, 9.17) is 4.74 Å². The van der Waals surface area contributed by atoms with E-state index in [9.17, 15) is 9.18 Å². The molecule has 0 aliphatic carbocycles. The quantitative estimate of drug-likeness (QED) is 0.842. The largest absolute Gasteiger partial charge is 0.497 e. The second-order valence-corrected chi connectivity index (χ2v) is 7.02.